The normalized spacial score (nSPS) is 23.0. The zero-order valence-electron chi connectivity index (χ0n) is 22.0. The average Bonchev–Trinajstić information content (AvgIpc) is 3.52. The Balaban J connectivity index is 1.22. The monoisotopic (exact) mass is 590 g/mol. The molecule has 3 aromatic rings. The van der Waals surface area contributed by atoms with E-state index in [-0.39, 0.29) is 19.1 Å². The summed E-state index contributed by atoms with van der Waals surface area (Å²) >= 11 is 6.23. The maximum Gasteiger partial charge on any atom is 0.334 e. The van der Waals surface area contributed by atoms with Crippen LogP contribution in [0.3, 0.4) is 0 Å². The van der Waals surface area contributed by atoms with Crippen LogP contribution < -0.4 is 21.1 Å². The fraction of sp³-hybridized carbons (Fsp3) is 0.480. The first kappa shape index (κ1) is 28.9. The van der Waals surface area contributed by atoms with E-state index >= 15 is 0 Å². The largest absolute Gasteiger partial charge is 0.483 e. The molecule has 0 unspecified atom stereocenters. The van der Waals surface area contributed by atoms with Crippen molar-refractivity contribution in [3.8, 4) is 5.75 Å². The van der Waals surface area contributed by atoms with Gasteiger partial charge >= 0.3 is 5.97 Å². The summed E-state index contributed by atoms with van der Waals surface area (Å²) in [5.74, 6) is -0.675. The number of benzene rings is 1. The molecule has 15 nitrogen and oxygen atoms in total. The minimum absolute atomic E-state index is 0.164. The van der Waals surface area contributed by atoms with E-state index in [0.717, 1.165) is 19.6 Å². The van der Waals surface area contributed by atoms with Gasteiger partial charge in [-0.05, 0) is 18.2 Å². The molecule has 2 aromatic heterocycles. The highest BCUT2D eigenvalue weighted by Crippen LogP contribution is 2.32. The summed E-state index contributed by atoms with van der Waals surface area (Å²) in [4.78, 5) is 38.9. The number of amides is 1. The molecule has 0 radical (unpaired) electrons. The topological polar surface area (TPSA) is 199 Å². The van der Waals surface area contributed by atoms with Crippen LogP contribution in [0, 0.1) is 0 Å². The lowest BCUT2D eigenvalue weighted by Gasteiger charge is -2.26. The van der Waals surface area contributed by atoms with Gasteiger partial charge in [-0.15, -0.1) is 0 Å². The van der Waals surface area contributed by atoms with Gasteiger partial charge in [-0.2, -0.15) is 0 Å². The molecule has 2 aliphatic heterocycles. The lowest BCUT2D eigenvalue weighted by atomic mass is 10.1. The summed E-state index contributed by atoms with van der Waals surface area (Å²) in [5.41, 5.74) is 7.19. The zero-order chi connectivity index (χ0) is 28.9. The SMILES string of the molecule is N[C@H]1[C@@H](O)[C@H](n2cnc3c(NCc4cc(Cl)ccc4OCC(=O)NCCN4CCOCC4)ncnc32)O[C@@H]1C(=O)O. The number of carbonyl (C=O) groups excluding carboxylic acids is 1. The highest BCUT2D eigenvalue weighted by Gasteiger charge is 2.46. The zero-order valence-corrected chi connectivity index (χ0v) is 22.7. The molecule has 41 heavy (non-hydrogen) atoms. The molecule has 0 bridgehead atoms. The Morgan fingerprint density at radius 1 is 1.22 bits per heavy atom. The number of aliphatic carboxylic acids is 1. The maximum absolute atomic E-state index is 12.4. The molecule has 0 saturated carbocycles. The number of nitrogens with one attached hydrogen (secondary N) is 2. The maximum atomic E-state index is 12.4. The Morgan fingerprint density at radius 3 is 2.78 bits per heavy atom. The van der Waals surface area contributed by atoms with Crippen molar-refractivity contribution in [2.24, 2.45) is 5.73 Å². The average molecular weight is 591 g/mol. The number of nitrogens with two attached hydrogens (primary N) is 1. The van der Waals surface area contributed by atoms with Gasteiger partial charge in [0.2, 0.25) is 0 Å². The highest BCUT2D eigenvalue weighted by molar-refractivity contribution is 6.30. The lowest BCUT2D eigenvalue weighted by molar-refractivity contribution is -0.152. The third-order valence-electron chi connectivity index (χ3n) is 6.88. The van der Waals surface area contributed by atoms with Crippen LogP contribution in [0.5, 0.6) is 5.75 Å². The van der Waals surface area contributed by atoms with E-state index < -0.39 is 30.4 Å². The Kier molecular flexibility index (Phi) is 9.12. The Hall–Kier alpha value is -3.60. The van der Waals surface area contributed by atoms with Crippen molar-refractivity contribution in [2.45, 2.75) is 31.0 Å². The van der Waals surface area contributed by atoms with Crippen LogP contribution in [-0.4, -0.2) is 111 Å². The predicted octanol–water partition coefficient (Wildman–Crippen LogP) is -0.411. The minimum atomic E-state index is -1.38. The molecule has 5 rings (SSSR count). The van der Waals surface area contributed by atoms with Crippen molar-refractivity contribution in [1.82, 2.24) is 29.7 Å². The van der Waals surface area contributed by atoms with Gasteiger partial charge in [-0.25, -0.2) is 19.7 Å². The van der Waals surface area contributed by atoms with Gasteiger partial charge in [0.1, 0.15) is 18.2 Å². The minimum Gasteiger partial charge on any atom is -0.483 e. The fourth-order valence-electron chi connectivity index (χ4n) is 4.69. The van der Waals surface area contributed by atoms with Crippen molar-refractivity contribution < 1.29 is 34.0 Å². The van der Waals surface area contributed by atoms with Crippen LogP contribution in [-0.2, 0) is 25.6 Å². The van der Waals surface area contributed by atoms with E-state index in [4.69, 9.17) is 31.5 Å². The number of aliphatic hydroxyl groups excluding tert-OH is 1. The molecule has 4 heterocycles. The fourth-order valence-corrected chi connectivity index (χ4v) is 4.88. The van der Waals surface area contributed by atoms with Gasteiger partial charge < -0.3 is 40.8 Å². The van der Waals surface area contributed by atoms with Crippen LogP contribution in [0.1, 0.15) is 11.8 Å². The van der Waals surface area contributed by atoms with Crippen molar-refractivity contribution >= 4 is 40.5 Å². The molecule has 220 valence electrons. The van der Waals surface area contributed by atoms with E-state index in [1.165, 1.54) is 17.2 Å². The molecule has 1 amide bonds. The number of hydrogen-bond donors (Lipinski definition) is 5. The van der Waals surface area contributed by atoms with Crippen LogP contribution in [0.2, 0.25) is 5.02 Å². The summed E-state index contributed by atoms with van der Waals surface area (Å²) in [6.45, 7) is 4.42. The van der Waals surface area contributed by atoms with E-state index in [9.17, 15) is 19.8 Å². The summed E-state index contributed by atoms with van der Waals surface area (Å²) in [6.07, 6.45) is -1.08. The molecule has 2 aliphatic rings. The van der Waals surface area contributed by atoms with Crippen molar-refractivity contribution in [3.63, 3.8) is 0 Å². The first-order valence-corrected chi connectivity index (χ1v) is 13.4. The van der Waals surface area contributed by atoms with Crippen molar-refractivity contribution in [2.75, 3.05) is 51.3 Å². The second kappa shape index (κ2) is 12.9. The summed E-state index contributed by atoms with van der Waals surface area (Å²) in [7, 11) is 0. The number of anilines is 1. The Morgan fingerprint density at radius 2 is 2.02 bits per heavy atom. The smallest absolute Gasteiger partial charge is 0.334 e. The number of carboxylic acid groups (broad SMARTS) is 1. The second-order valence-corrected chi connectivity index (χ2v) is 10.0. The van der Waals surface area contributed by atoms with Crippen molar-refractivity contribution in [3.05, 3.63) is 41.4 Å². The van der Waals surface area contributed by atoms with Gasteiger partial charge in [0.15, 0.2) is 35.9 Å². The number of carbonyl (C=O) groups is 2. The number of carboxylic acids is 1. The van der Waals surface area contributed by atoms with Crippen LogP contribution in [0.25, 0.3) is 11.2 Å². The Bertz CT molecular complexity index is 1390. The van der Waals surface area contributed by atoms with E-state index in [2.05, 4.69) is 30.5 Å². The first-order chi connectivity index (χ1) is 19.8. The Labute approximate surface area is 239 Å². The van der Waals surface area contributed by atoms with E-state index in [1.807, 2.05) is 0 Å². The molecule has 6 N–H and O–H groups in total. The molecule has 0 aliphatic carbocycles. The number of morpholine rings is 1. The number of imidazole rings is 1. The van der Waals surface area contributed by atoms with E-state index in [0.29, 0.717) is 53.1 Å². The van der Waals surface area contributed by atoms with Gasteiger partial charge in [0.05, 0.1) is 25.6 Å². The number of rotatable bonds is 11. The number of aliphatic hydroxyl groups is 1. The molecular formula is C25H31ClN8O7. The van der Waals surface area contributed by atoms with Crippen LogP contribution >= 0.6 is 11.6 Å². The van der Waals surface area contributed by atoms with E-state index in [1.54, 1.807) is 18.2 Å². The second-order valence-electron chi connectivity index (χ2n) is 9.60. The molecule has 0 spiro atoms. The lowest BCUT2D eigenvalue weighted by Crippen LogP contribution is -2.43. The first-order valence-electron chi connectivity index (χ1n) is 13.0. The standard InChI is InChI=1S/C25H31ClN8O7/c26-15-1-2-16(40-11-17(35)28-3-4-33-5-7-39-8-6-33)14(9-15)10-29-22-19-23(31-12-30-22)34(13-32-19)24-20(36)18(27)21(41-24)25(37)38/h1-2,9,12-13,18,20-21,24,36H,3-8,10-11,27H2,(H,28,35)(H,37,38)(H,29,30,31)/t18-,20+,21-,24+/m0/s1. The van der Waals surface area contributed by atoms with Gasteiger partial charge in [0.25, 0.3) is 5.91 Å². The van der Waals surface area contributed by atoms with Gasteiger partial charge in [-0.1, -0.05) is 11.6 Å². The number of aromatic nitrogens is 4. The predicted molar refractivity (Wildman–Crippen MR) is 145 cm³/mol. The molecule has 1 aromatic carbocycles. The molecular weight excluding hydrogens is 560 g/mol. The summed E-state index contributed by atoms with van der Waals surface area (Å²) in [6, 6.07) is 3.95. The van der Waals surface area contributed by atoms with Gasteiger partial charge in [-0.3, -0.25) is 14.3 Å². The molecule has 2 fully saturated rings. The third-order valence-corrected chi connectivity index (χ3v) is 7.12. The number of fused-ring (bicyclic) bond motifs is 1. The highest BCUT2D eigenvalue weighted by atomic mass is 35.5. The number of ether oxygens (including phenoxy) is 3. The quantitative estimate of drug-likeness (QED) is 0.193. The van der Waals surface area contributed by atoms with Crippen molar-refractivity contribution in [1.29, 1.82) is 0 Å². The molecule has 16 heteroatoms. The number of halogens is 1. The van der Waals surface area contributed by atoms with Crippen LogP contribution in [0.15, 0.2) is 30.9 Å². The number of nitrogens with zero attached hydrogens (tertiary/aromatic N) is 5. The van der Waals surface area contributed by atoms with Crippen LogP contribution in [0.4, 0.5) is 5.82 Å². The number of hydrogen-bond acceptors (Lipinski definition) is 12. The summed E-state index contributed by atoms with van der Waals surface area (Å²) < 4.78 is 18.0. The van der Waals surface area contributed by atoms with Gasteiger partial charge in [0, 0.05) is 43.3 Å². The summed E-state index contributed by atoms with van der Waals surface area (Å²) in [5, 5.41) is 26.4. The third kappa shape index (κ3) is 6.66. The molecule has 4 atom stereocenters. The molecule has 2 saturated heterocycles.